The summed E-state index contributed by atoms with van der Waals surface area (Å²) in [4.78, 5) is 24.2. The first-order valence-electron chi connectivity index (χ1n) is 13.9. The maximum Gasteiger partial charge on any atom is 0.320 e. The van der Waals surface area contributed by atoms with Crippen molar-refractivity contribution in [1.82, 2.24) is 20.2 Å². The van der Waals surface area contributed by atoms with Crippen LogP contribution in [-0.4, -0.2) is 66.3 Å². The van der Waals surface area contributed by atoms with E-state index in [1.165, 1.54) is 25.5 Å². The summed E-state index contributed by atoms with van der Waals surface area (Å²) in [5, 5.41) is 3.81. The fourth-order valence-corrected chi connectivity index (χ4v) is 5.44. The van der Waals surface area contributed by atoms with E-state index in [9.17, 15) is 4.79 Å². The predicted molar refractivity (Wildman–Crippen MR) is 148 cm³/mol. The highest BCUT2D eigenvalue weighted by Crippen LogP contribution is 2.27. The molecule has 0 spiro atoms. The van der Waals surface area contributed by atoms with Crippen molar-refractivity contribution < 1.29 is 19.0 Å². The second-order valence-corrected chi connectivity index (χ2v) is 11.6. The Hall–Kier alpha value is -2.71. The van der Waals surface area contributed by atoms with Crippen LogP contribution in [0.5, 0.6) is 11.9 Å². The van der Waals surface area contributed by atoms with Gasteiger partial charge >= 0.3 is 6.01 Å². The number of ether oxygens (including phenoxy) is 3. The smallest absolute Gasteiger partial charge is 0.320 e. The Morgan fingerprint density at radius 2 is 1.71 bits per heavy atom. The Balaban J connectivity index is 1.39. The van der Waals surface area contributed by atoms with Crippen molar-refractivity contribution in [1.29, 1.82) is 0 Å². The van der Waals surface area contributed by atoms with Crippen LogP contribution in [0.15, 0.2) is 24.3 Å². The molecule has 2 heterocycles. The Morgan fingerprint density at radius 3 is 2.34 bits per heavy atom. The number of aromatic nitrogens is 2. The van der Waals surface area contributed by atoms with E-state index in [0.29, 0.717) is 48.9 Å². The molecule has 208 valence electrons. The van der Waals surface area contributed by atoms with Crippen molar-refractivity contribution in [3.05, 3.63) is 46.6 Å². The summed E-state index contributed by atoms with van der Waals surface area (Å²) in [5.74, 6) is 0.271. The molecule has 1 aliphatic heterocycles. The van der Waals surface area contributed by atoms with Crippen LogP contribution in [0.2, 0.25) is 0 Å². The van der Waals surface area contributed by atoms with E-state index in [1.54, 1.807) is 0 Å². The molecule has 2 fully saturated rings. The van der Waals surface area contributed by atoms with Crippen molar-refractivity contribution in [2.75, 3.05) is 27.3 Å². The van der Waals surface area contributed by atoms with E-state index in [0.717, 1.165) is 31.2 Å². The van der Waals surface area contributed by atoms with Gasteiger partial charge in [0.15, 0.2) is 0 Å². The summed E-state index contributed by atoms with van der Waals surface area (Å²) in [5.41, 5.74) is 3.37. The molecule has 2 aliphatic rings. The number of piperidine rings is 1. The fraction of sp³-hybridized carbons (Fsp3) is 0.633. The van der Waals surface area contributed by atoms with Crippen molar-refractivity contribution in [3.8, 4) is 11.9 Å². The van der Waals surface area contributed by atoms with Gasteiger partial charge in [-0.1, -0.05) is 57.9 Å². The Kier molecular flexibility index (Phi) is 9.26. The van der Waals surface area contributed by atoms with Crippen LogP contribution in [0.25, 0.3) is 0 Å². The number of nitrogens with zero attached hydrogens (tertiary/aromatic N) is 3. The number of benzene rings is 1. The summed E-state index contributed by atoms with van der Waals surface area (Å²) in [7, 11) is 3.31. The number of hydrogen-bond acceptors (Lipinski definition) is 7. The van der Waals surface area contributed by atoms with Crippen LogP contribution < -0.4 is 14.8 Å². The van der Waals surface area contributed by atoms with E-state index in [1.807, 2.05) is 18.9 Å². The van der Waals surface area contributed by atoms with E-state index < -0.39 is 0 Å². The third kappa shape index (κ3) is 6.83. The van der Waals surface area contributed by atoms with Crippen LogP contribution in [0.4, 0.5) is 0 Å². The number of methoxy groups -OCH3 is 2. The maximum atomic E-state index is 13.5. The second-order valence-electron chi connectivity index (χ2n) is 11.6. The monoisotopic (exact) mass is 524 g/mol. The molecule has 1 aromatic carbocycles. The van der Waals surface area contributed by atoms with Gasteiger partial charge in [-0.25, -0.2) is 0 Å². The van der Waals surface area contributed by atoms with Crippen LogP contribution in [0.1, 0.15) is 86.5 Å². The number of hydrogen-bond donors (Lipinski definition) is 1. The highest BCUT2D eigenvalue weighted by Gasteiger charge is 2.31. The first-order valence-corrected chi connectivity index (χ1v) is 13.9. The SMILES string of the molecule is COc1nc(OCc2ccc(C(C)(C)C)cc2)c(C)c(C(=O)N2CCC(N[C@H]3CCCC[C@H]3OC)CC2)n1. The van der Waals surface area contributed by atoms with Gasteiger partial charge in [-0.05, 0) is 49.1 Å². The molecule has 1 N–H and O–H groups in total. The minimum atomic E-state index is -0.103. The van der Waals surface area contributed by atoms with Crippen molar-refractivity contribution >= 4 is 5.91 Å². The van der Waals surface area contributed by atoms with Crippen LogP contribution in [0.3, 0.4) is 0 Å². The molecule has 2 atom stereocenters. The lowest BCUT2D eigenvalue weighted by molar-refractivity contribution is 0.0329. The summed E-state index contributed by atoms with van der Waals surface area (Å²) in [6.45, 7) is 10.1. The number of nitrogens with one attached hydrogen (secondary N) is 1. The topological polar surface area (TPSA) is 85.8 Å². The molecule has 2 aromatic rings. The predicted octanol–water partition coefficient (Wildman–Crippen LogP) is 4.82. The zero-order chi connectivity index (χ0) is 27.3. The van der Waals surface area contributed by atoms with Crippen LogP contribution >= 0.6 is 0 Å². The van der Waals surface area contributed by atoms with Gasteiger partial charge in [-0.2, -0.15) is 9.97 Å². The molecular weight excluding hydrogens is 480 g/mol. The number of carbonyl (C=O) groups excluding carboxylic acids is 1. The molecule has 0 radical (unpaired) electrons. The maximum absolute atomic E-state index is 13.5. The largest absolute Gasteiger partial charge is 0.472 e. The average molecular weight is 525 g/mol. The molecule has 1 aromatic heterocycles. The standard InChI is InChI=1S/C30H44N4O4/c1-20-26(28(35)34-17-15-23(16-18-34)31-24-9-7-8-10-25(24)36-5)32-29(37-6)33-27(20)38-19-21-11-13-22(14-12-21)30(2,3)4/h11-14,23-25,31H,7-10,15-19H2,1-6H3/t24-,25+/m0/s1. The molecule has 38 heavy (non-hydrogen) atoms. The lowest BCUT2D eigenvalue weighted by Gasteiger charge is -2.38. The normalized spacial score (nSPS) is 20.8. The van der Waals surface area contributed by atoms with E-state index in [2.05, 4.69) is 60.3 Å². The number of carbonyl (C=O) groups is 1. The molecule has 1 amide bonds. The number of likely N-dealkylation sites (tertiary alicyclic amines) is 1. The molecule has 0 bridgehead atoms. The second kappa shape index (κ2) is 12.4. The van der Waals surface area contributed by atoms with Crippen molar-refractivity contribution in [3.63, 3.8) is 0 Å². The highest BCUT2D eigenvalue weighted by molar-refractivity contribution is 5.94. The summed E-state index contributed by atoms with van der Waals surface area (Å²) >= 11 is 0. The zero-order valence-corrected chi connectivity index (χ0v) is 23.9. The van der Waals surface area contributed by atoms with Gasteiger partial charge < -0.3 is 24.4 Å². The van der Waals surface area contributed by atoms with Crippen LogP contribution in [-0.2, 0) is 16.8 Å². The third-order valence-electron chi connectivity index (χ3n) is 7.90. The molecule has 8 heteroatoms. The zero-order valence-electron chi connectivity index (χ0n) is 23.9. The first-order chi connectivity index (χ1) is 18.2. The number of amides is 1. The molecule has 4 rings (SSSR count). The highest BCUT2D eigenvalue weighted by atomic mass is 16.5. The molecule has 0 unspecified atom stereocenters. The quantitative estimate of drug-likeness (QED) is 0.530. The van der Waals surface area contributed by atoms with Gasteiger partial charge in [0.05, 0.1) is 13.2 Å². The first kappa shape index (κ1) is 28.3. The Morgan fingerprint density at radius 1 is 1.03 bits per heavy atom. The van der Waals surface area contributed by atoms with Crippen LogP contribution in [0, 0.1) is 6.92 Å². The Bertz CT molecular complexity index is 1070. The summed E-state index contributed by atoms with van der Waals surface area (Å²) in [6.07, 6.45) is 6.86. The van der Waals surface area contributed by atoms with E-state index in [4.69, 9.17) is 14.2 Å². The van der Waals surface area contributed by atoms with Gasteiger partial charge in [-0.15, -0.1) is 0 Å². The summed E-state index contributed by atoms with van der Waals surface area (Å²) < 4.78 is 17.1. The van der Waals surface area contributed by atoms with Crippen molar-refractivity contribution in [2.45, 2.75) is 96.4 Å². The molecule has 1 aliphatic carbocycles. The van der Waals surface area contributed by atoms with Gasteiger partial charge in [0, 0.05) is 37.8 Å². The molecule has 1 saturated heterocycles. The summed E-state index contributed by atoms with van der Waals surface area (Å²) in [6, 6.07) is 9.33. The van der Waals surface area contributed by atoms with Gasteiger partial charge in [-0.3, -0.25) is 4.79 Å². The van der Waals surface area contributed by atoms with Crippen molar-refractivity contribution in [2.24, 2.45) is 0 Å². The lowest BCUT2D eigenvalue weighted by Crippen LogP contribution is -2.52. The third-order valence-corrected chi connectivity index (χ3v) is 7.90. The average Bonchev–Trinajstić information content (AvgIpc) is 2.92. The van der Waals surface area contributed by atoms with Gasteiger partial charge in [0.1, 0.15) is 12.3 Å². The van der Waals surface area contributed by atoms with E-state index >= 15 is 0 Å². The molecule has 1 saturated carbocycles. The molecule has 8 nitrogen and oxygen atoms in total. The minimum Gasteiger partial charge on any atom is -0.472 e. The Labute approximate surface area is 227 Å². The molecular formula is C30H44N4O4. The van der Waals surface area contributed by atoms with E-state index in [-0.39, 0.29) is 23.4 Å². The lowest BCUT2D eigenvalue weighted by atomic mass is 9.87. The van der Waals surface area contributed by atoms with Gasteiger partial charge in [0.25, 0.3) is 5.91 Å². The minimum absolute atomic E-state index is 0.0952. The fourth-order valence-electron chi connectivity index (χ4n) is 5.44. The number of rotatable bonds is 8. The van der Waals surface area contributed by atoms with Gasteiger partial charge in [0.2, 0.25) is 5.88 Å².